The van der Waals surface area contributed by atoms with Gasteiger partial charge in [-0.1, -0.05) is 19.1 Å². The lowest BCUT2D eigenvalue weighted by atomic mass is 9.84. The number of ketones is 1. The number of carbonyl (C=O) groups excluding carboxylic acids is 1. The molecule has 1 aliphatic carbocycles. The van der Waals surface area contributed by atoms with Crippen LogP contribution in [0.3, 0.4) is 0 Å². The van der Waals surface area contributed by atoms with E-state index >= 15 is 0 Å². The van der Waals surface area contributed by atoms with Gasteiger partial charge in [-0.05, 0) is 48.6 Å². The molecule has 2 nitrogen and oxygen atoms in total. The predicted molar refractivity (Wildman–Crippen MR) is 76.8 cm³/mol. The molecule has 0 bridgehead atoms. The Morgan fingerprint density at radius 2 is 1.89 bits per heavy atom. The minimum absolute atomic E-state index is 0.200. The number of Topliss-reactive ketones (excluding diaryl/α,β-unsaturated/α-hetero) is 1. The van der Waals surface area contributed by atoms with Crippen molar-refractivity contribution in [2.75, 3.05) is 19.0 Å². The van der Waals surface area contributed by atoms with Gasteiger partial charge in [0, 0.05) is 25.7 Å². The maximum absolute atomic E-state index is 12.0. The van der Waals surface area contributed by atoms with Crippen molar-refractivity contribution < 1.29 is 4.79 Å². The van der Waals surface area contributed by atoms with Crippen LogP contribution in [0.2, 0.25) is 0 Å². The van der Waals surface area contributed by atoms with E-state index in [1.807, 2.05) is 21.0 Å². The average molecular weight is 243 g/mol. The summed E-state index contributed by atoms with van der Waals surface area (Å²) >= 11 is 0. The summed E-state index contributed by atoms with van der Waals surface area (Å²) in [6, 6.07) is 8.33. The van der Waals surface area contributed by atoms with E-state index in [2.05, 4.69) is 35.2 Å². The third-order valence-corrected chi connectivity index (χ3v) is 3.60. The van der Waals surface area contributed by atoms with Crippen LogP contribution in [0.4, 0.5) is 5.69 Å². The second-order valence-corrected chi connectivity index (χ2v) is 5.31. The number of nitrogens with zero attached hydrogens (tertiary/aromatic N) is 1. The largest absolute Gasteiger partial charge is 0.378 e. The number of hydrogen-bond donors (Lipinski definition) is 0. The van der Waals surface area contributed by atoms with Gasteiger partial charge in [-0.25, -0.2) is 0 Å². The Bertz CT molecular complexity index is 456. The molecule has 1 aromatic carbocycles. The molecule has 0 radical (unpaired) electrons. The van der Waals surface area contributed by atoms with Gasteiger partial charge in [0.25, 0.3) is 0 Å². The van der Waals surface area contributed by atoms with Gasteiger partial charge in [0.1, 0.15) is 0 Å². The highest BCUT2D eigenvalue weighted by Crippen LogP contribution is 2.26. The minimum Gasteiger partial charge on any atom is -0.378 e. The van der Waals surface area contributed by atoms with Crippen LogP contribution in [-0.2, 0) is 4.79 Å². The molecule has 0 saturated heterocycles. The van der Waals surface area contributed by atoms with Crippen molar-refractivity contribution in [2.24, 2.45) is 5.92 Å². The van der Waals surface area contributed by atoms with Gasteiger partial charge in [-0.15, -0.1) is 0 Å². The Hall–Kier alpha value is -1.57. The summed E-state index contributed by atoms with van der Waals surface area (Å²) in [6.45, 7) is 2.03. The molecule has 1 fully saturated rings. The van der Waals surface area contributed by atoms with E-state index in [0.29, 0.717) is 5.78 Å². The van der Waals surface area contributed by atoms with Crippen LogP contribution in [0.25, 0.3) is 6.08 Å². The lowest BCUT2D eigenvalue weighted by Gasteiger charge is -2.19. The number of rotatable bonds is 2. The topological polar surface area (TPSA) is 20.3 Å². The highest BCUT2D eigenvalue weighted by Gasteiger charge is 2.22. The number of carbonyl (C=O) groups is 1. The molecule has 0 aliphatic heterocycles. The molecule has 18 heavy (non-hydrogen) atoms. The molecule has 0 N–H and O–H groups in total. The Kier molecular flexibility index (Phi) is 3.85. The van der Waals surface area contributed by atoms with Crippen molar-refractivity contribution in [1.82, 2.24) is 0 Å². The zero-order valence-corrected chi connectivity index (χ0v) is 11.4. The van der Waals surface area contributed by atoms with Gasteiger partial charge < -0.3 is 4.90 Å². The van der Waals surface area contributed by atoms with Gasteiger partial charge in [0.15, 0.2) is 5.78 Å². The molecular weight excluding hydrogens is 222 g/mol. The first-order chi connectivity index (χ1) is 8.58. The summed E-state index contributed by atoms with van der Waals surface area (Å²) in [7, 11) is 4.06. The fourth-order valence-corrected chi connectivity index (χ4v) is 2.38. The van der Waals surface area contributed by atoms with Crippen molar-refractivity contribution in [2.45, 2.75) is 26.2 Å². The van der Waals surface area contributed by atoms with Crippen LogP contribution in [-0.4, -0.2) is 19.9 Å². The Labute approximate surface area is 109 Å². The summed E-state index contributed by atoms with van der Waals surface area (Å²) in [5.41, 5.74) is 3.30. The van der Waals surface area contributed by atoms with E-state index in [4.69, 9.17) is 0 Å². The molecule has 0 unspecified atom stereocenters. The average Bonchev–Trinajstić information content (AvgIpc) is 2.36. The minimum atomic E-state index is 0.200. The zero-order valence-electron chi connectivity index (χ0n) is 11.4. The van der Waals surface area contributed by atoms with E-state index in [-0.39, 0.29) is 5.92 Å². The van der Waals surface area contributed by atoms with Gasteiger partial charge in [0.05, 0.1) is 0 Å². The first-order valence-electron chi connectivity index (χ1n) is 6.60. The van der Waals surface area contributed by atoms with Crippen molar-refractivity contribution in [3.63, 3.8) is 0 Å². The molecule has 1 aromatic rings. The smallest absolute Gasteiger partial charge is 0.161 e. The third-order valence-electron chi connectivity index (χ3n) is 3.60. The van der Waals surface area contributed by atoms with Gasteiger partial charge in [-0.3, -0.25) is 4.79 Å². The molecule has 1 saturated carbocycles. The predicted octanol–water partition coefficient (Wildman–Crippen LogP) is 3.53. The van der Waals surface area contributed by atoms with Crippen LogP contribution in [0.15, 0.2) is 29.8 Å². The molecular formula is C16H21NO. The molecule has 1 atom stereocenters. The van der Waals surface area contributed by atoms with E-state index in [1.165, 1.54) is 5.69 Å². The Morgan fingerprint density at radius 3 is 2.50 bits per heavy atom. The van der Waals surface area contributed by atoms with E-state index in [9.17, 15) is 4.79 Å². The summed E-state index contributed by atoms with van der Waals surface area (Å²) in [5.74, 6) is 0.531. The summed E-state index contributed by atoms with van der Waals surface area (Å²) in [6.07, 6.45) is 5.15. The first-order valence-corrected chi connectivity index (χ1v) is 6.60. The number of hydrogen-bond acceptors (Lipinski definition) is 2. The second kappa shape index (κ2) is 5.38. The quantitative estimate of drug-likeness (QED) is 0.741. The van der Waals surface area contributed by atoms with Crippen LogP contribution < -0.4 is 4.90 Å². The van der Waals surface area contributed by atoms with E-state index < -0.39 is 0 Å². The Morgan fingerprint density at radius 1 is 1.22 bits per heavy atom. The van der Waals surface area contributed by atoms with Crippen molar-refractivity contribution in [1.29, 1.82) is 0 Å². The van der Waals surface area contributed by atoms with E-state index in [0.717, 1.165) is 30.4 Å². The third kappa shape index (κ3) is 2.81. The van der Waals surface area contributed by atoms with Crippen LogP contribution in [0.1, 0.15) is 31.7 Å². The molecule has 0 heterocycles. The SMILES string of the molecule is C[C@@H]1CCC/C(=C\c2ccc(N(C)C)cc2)C1=O. The second-order valence-electron chi connectivity index (χ2n) is 5.31. The first kappa shape index (κ1) is 12.9. The number of benzene rings is 1. The van der Waals surface area contributed by atoms with Gasteiger partial charge in [0.2, 0.25) is 0 Å². The number of allylic oxidation sites excluding steroid dienone is 1. The Balaban J connectivity index is 2.19. The van der Waals surface area contributed by atoms with Crippen LogP contribution >= 0.6 is 0 Å². The van der Waals surface area contributed by atoms with Crippen molar-refractivity contribution >= 4 is 17.5 Å². The normalized spacial score (nSPS) is 22.3. The van der Waals surface area contributed by atoms with Crippen LogP contribution in [0, 0.1) is 5.92 Å². The summed E-state index contributed by atoms with van der Waals surface area (Å²) in [4.78, 5) is 14.1. The fourth-order valence-electron chi connectivity index (χ4n) is 2.38. The maximum Gasteiger partial charge on any atom is 0.161 e. The molecule has 96 valence electrons. The number of anilines is 1. The zero-order chi connectivity index (χ0) is 13.1. The molecule has 2 heteroatoms. The highest BCUT2D eigenvalue weighted by atomic mass is 16.1. The highest BCUT2D eigenvalue weighted by molar-refractivity contribution is 6.01. The van der Waals surface area contributed by atoms with Gasteiger partial charge >= 0.3 is 0 Å². The molecule has 0 amide bonds. The van der Waals surface area contributed by atoms with E-state index in [1.54, 1.807) is 0 Å². The molecule has 1 aliphatic rings. The van der Waals surface area contributed by atoms with Crippen molar-refractivity contribution in [3.8, 4) is 0 Å². The molecule has 2 rings (SSSR count). The molecule has 0 aromatic heterocycles. The summed E-state index contributed by atoms with van der Waals surface area (Å²) < 4.78 is 0. The maximum atomic E-state index is 12.0. The van der Waals surface area contributed by atoms with Crippen LogP contribution in [0.5, 0.6) is 0 Å². The van der Waals surface area contributed by atoms with Gasteiger partial charge in [-0.2, -0.15) is 0 Å². The standard InChI is InChI=1S/C16H21NO/c1-12-5-4-6-14(16(12)18)11-13-7-9-15(10-8-13)17(2)3/h7-12H,4-6H2,1-3H3/b14-11+/t12-/m1/s1. The summed E-state index contributed by atoms with van der Waals surface area (Å²) in [5, 5.41) is 0. The molecule has 0 spiro atoms. The fraction of sp³-hybridized carbons (Fsp3) is 0.438. The lowest BCUT2D eigenvalue weighted by molar-refractivity contribution is -0.119. The van der Waals surface area contributed by atoms with Crippen molar-refractivity contribution in [3.05, 3.63) is 35.4 Å². The monoisotopic (exact) mass is 243 g/mol. The lowest BCUT2D eigenvalue weighted by Crippen LogP contribution is -2.18.